The van der Waals surface area contributed by atoms with Gasteiger partial charge in [-0.25, -0.2) is 0 Å². The molecule has 0 amide bonds. The van der Waals surface area contributed by atoms with Gasteiger partial charge in [-0.2, -0.15) is 0 Å². The normalized spacial score (nSPS) is 21.1. The first-order chi connectivity index (χ1) is 11.5. The molecule has 1 nitrogen and oxygen atoms in total. The molecule has 1 aliphatic heterocycles. The van der Waals surface area contributed by atoms with Crippen molar-refractivity contribution in [3.05, 3.63) is 65.7 Å². The van der Waals surface area contributed by atoms with E-state index in [4.69, 9.17) is 4.74 Å². The molecular weight excluding hydrogens is 429 g/mol. The first kappa shape index (κ1) is 17.8. The fourth-order valence-electron chi connectivity index (χ4n) is 2.87. The van der Waals surface area contributed by atoms with Crippen molar-refractivity contribution < 1.29 is 17.9 Å². The standard InChI is InChI=1S/C19H19F3OTe/c20-19(21,22)16-6-8-18(9-7-16)24-13-15-11-17(23-12-15)10-14-4-2-1-3-5-14/h1-9,15,17H,10-13H2/t15-,17-/m1/s1. The van der Waals surface area contributed by atoms with Crippen LogP contribution >= 0.6 is 0 Å². The van der Waals surface area contributed by atoms with Crippen molar-refractivity contribution in [1.82, 2.24) is 0 Å². The number of halogens is 3. The fraction of sp³-hybridized carbons (Fsp3) is 0.368. The van der Waals surface area contributed by atoms with Crippen molar-refractivity contribution >= 4 is 24.5 Å². The Hall–Kier alpha value is -1.02. The van der Waals surface area contributed by atoms with Gasteiger partial charge in [0.1, 0.15) is 0 Å². The maximum atomic E-state index is 12.6. The predicted octanol–water partition coefficient (Wildman–Crippen LogP) is 4.10. The first-order valence-electron chi connectivity index (χ1n) is 7.96. The summed E-state index contributed by atoms with van der Waals surface area (Å²) in [6, 6.07) is 16.0. The first-order valence-corrected chi connectivity index (χ1v) is 10.8. The van der Waals surface area contributed by atoms with Crippen LogP contribution in [0.3, 0.4) is 0 Å². The van der Waals surface area contributed by atoms with E-state index in [0.717, 1.165) is 27.5 Å². The van der Waals surface area contributed by atoms with E-state index in [1.54, 1.807) is 12.1 Å². The molecule has 0 bridgehead atoms. The van der Waals surface area contributed by atoms with E-state index in [1.807, 2.05) is 18.2 Å². The molecular formula is C19H19F3OTe. The monoisotopic (exact) mass is 450 g/mol. The molecule has 2 aromatic carbocycles. The van der Waals surface area contributed by atoms with E-state index in [2.05, 4.69) is 12.1 Å². The summed E-state index contributed by atoms with van der Waals surface area (Å²) in [5, 5.41) is 0. The van der Waals surface area contributed by atoms with Crippen molar-refractivity contribution in [2.24, 2.45) is 5.92 Å². The third-order valence-electron chi connectivity index (χ3n) is 4.14. The van der Waals surface area contributed by atoms with E-state index in [1.165, 1.54) is 17.7 Å². The molecule has 0 N–H and O–H groups in total. The van der Waals surface area contributed by atoms with Gasteiger partial charge in [-0.3, -0.25) is 0 Å². The van der Waals surface area contributed by atoms with Crippen LogP contribution in [-0.2, 0) is 17.3 Å². The van der Waals surface area contributed by atoms with Crippen LogP contribution in [-0.4, -0.2) is 33.6 Å². The Bertz CT molecular complexity index is 640. The van der Waals surface area contributed by atoms with Crippen LogP contribution in [0.4, 0.5) is 13.2 Å². The molecule has 24 heavy (non-hydrogen) atoms. The number of hydrogen-bond acceptors (Lipinski definition) is 1. The molecule has 0 unspecified atom stereocenters. The van der Waals surface area contributed by atoms with Crippen LogP contribution in [0.5, 0.6) is 0 Å². The molecule has 0 aliphatic carbocycles. The number of hydrogen-bond donors (Lipinski definition) is 0. The van der Waals surface area contributed by atoms with Crippen LogP contribution in [0.1, 0.15) is 17.5 Å². The van der Waals surface area contributed by atoms with Gasteiger partial charge in [-0.1, -0.05) is 0 Å². The van der Waals surface area contributed by atoms with Crippen molar-refractivity contribution in [3.63, 3.8) is 0 Å². The summed E-state index contributed by atoms with van der Waals surface area (Å²) in [5.41, 5.74) is 0.730. The van der Waals surface area contributed by atoms with Gasteiger partial charge in [0.25, 0.3) is 0 Å². The van der Waals surface area contributed by atoms with Gasteiger partial charge in [-0.15, -0.1) is 0 Å². The van der Waals surface area contributed by atoms with Crippen molar-refractivity contribution in [2.45, 2.75) is 29.6 Å². The summed E-state index contributed by atoms with van der Waals surface area (Å²) in [6.07, 6.45) is -1.97. The Kier molecular flexibility index (Phi) is 5.86. The van der Waals surface area contributed by atoms with Crippen molar-refractivity contribution in [1.29, 1.82) is 0 Å². The molecule has 1 heterocycles. The number of alkyl halides is 3. The third kappa shape index (κ3) is 4.99. The SMILES string of the molecule is FC(F)(F)c1ccc([Te]C[C@H]2CO[C@H](Cc3ccccc3)C2)cc1. The second-order valence-electron chi connectivity index (χ2n) is 6.08. The molecule has 3 rings (SSSR count). The van der Waals surface area contributed by atoms with Crippen LogP contribution in [0.25, 0.3) is 0 Å². The van der Waals surface area contributed by atoms with Gasteiger partial charge in [0.15, 0.2) is 0 Å². The minimum absolute atomic E-state index is 0.275. The molecule has 2 atom stereocenters. The van der Waals surface area contributed by atoms with E-state index < -0.39 is 32.7 Å². The van der Waals surface area contributed by atoms with Gasteiger partial charge >= 0.3 is 150 Å². The van der Waals surface area contributed by atoms with Crippen LogP contribution in [0.2, 0.25) is 4.47 Å². The summed E-state index contributed by atoms with van der Waals surface area (Å²) in [4.78, 5) is 0. The van der Waals surface area contributed by atoms with Gasteiger partial charge in [0, 0.05) is 0 Å². The average Bonchev–Trinajstić information content (AvgIpc) is 3.01. The van der Waals surface area contributed by atoms with E-state index >= 15 is 0 Å². The Labute approximate surface area is 150 Å². The molecule has 1 fully saturated rings. The van der Waals surface area contributed by atoms with Gasteiger partial charge in [0.05, 0.1) is 0 Å². The van der Waals surface area contributed by atoms with Crippen molar-refractivity contribution in [2.75, 3.05) is 6.61 Å². The number of ether oxygens (including phenoxy) is 1. The molecule has 0 radical (unpaired) electrons. The van der Waals surface area contributed by atoms with Crippen LogP contribution in [0.15, 0.2) is 54.6 Å². The van der Waals surface area contributed by atoms with E-state index in [9.17, 15) is 13.2 Å². The molecule has 1 saturated heterocycles. The predicted molar refractivity (Wildman–Crippen MR) is 89.6 cm³/mol. The van der Waals surface area contributed by atoms with Gasteiger partial charge in [0.2, 0.25) is 0 Å². The summed E-state index contributed by atoms with van der Waals surface area (Å²) < 4.78 is 45.8. The van der Waals surface area contributed by atoms with Crippen LogP contribution in [0, 0.1) is 5.92 Å². The topological polar surface area (TPSA) is 9.23 Å². The number of rotatable bonds is 5. The Morgan fingerprint density at radius 1 is 1.00 bits per heavy atom. The van der Waals surface area contributed by atoms with Crippen molar-refractivity contribution in [3.8, 4) is 0 Å². The Balaban J connectivity index is 1.46. The molecule has 0 aromatic heterocycles. The molecule has 0 spiro atoms. The zero-order chi connectivity index (χ0) is 17.0. The second kappa shape index (κ2) is 7.91. The maximum absolute atomic E-state index is 12.6. The summed E-state index contributed by atoms with van der Waals surface area (Å²) in [5.74, 6) is 0.545. The van der Waals surface area contributed by atoms with Gasteiger partial charge in [-0.05, 0) is 0 Å². The molecule has 0 saturated carbocycles. The van der Waals surface area contributed by atoms with E-state index in [-0.39, 0.29) is 6.10 Å². The minimum atomic E-state index is -4.25. The van der Waals surface area contributed by atoms with Crippen LogP contribution < -0.4 is 3.61 Å². The zero-order valence-electron chi connectivity index (χ0n) is 13.1. The summed E-state index contributed by atoms with van der Waals surface area (Å²) >= 11 is -0.456. The summed E-state index contributed by atoms with van der Waals surface area (Å²) in [7, 11) is 0. The fourth-order valence-corrected chi connectivity index (χ4v) is 5.69. The average molecular weight is 448 g/mol. The second-order valence-corrected chi connectivity index (χ2v) is 9.20. The molecule has 2 aromatic rings. The quantitative estimate of drug-likeness (QED) is 0.627. The number of benzene rings is 2. The Morgan fingerprint density at radius 3 is 2.38 bits per heavy atom. The van der Waals surface area contributed by atoms with E-state index in [0.29, 0.717) is 5.92 Å². The Morgan fingerprint density at radius 2 is 1.71 bits per heavy atom. The molecule has 5 heteroatoms. The molecule has 1 aliphatic rings. The zero-order valence-corrected chi connectivity index (χ0v) is 15.5. The summed E-state index contributed by atoms with van der Waals surface area (Å²) in [6.45, 7) is 0.781. The third-order valence-corrected chi connectivity index (χ3v) is 7.69. The molecule has 128 valence electrons. The van der Waals surface area contributed by atoms with Gasteiger partial charge < -0.3 is 0 Å².